The Hall–Kier alpha value is -6.88. The minimum atomic E-state index is -2.36. The number of hydrogen-bond donors (Lipinski definition) is 0. The van der Waals surface area contributed by atoms with Crippen molar-refractivity contribution in [3.8, 4) is 50.7 Å². The van der Waals surface area contributed by atoms with Crippen LogP contribution in [0.3, 0.4) is 0 Å². The fraction of sp³-hybridized carbons (Fsp3) is 0.100. The molecule has 2 aromatic heterocycles. The van der Waals surface area contributed by atoms with E-state index in [1.807, 2.05) is 48.7 Å². The molecule has 2 bridgehead atoms. The summed E-state index contributed by atoms with van der Waals surface area (Å²) in [6.07, 6.45) is 1.89. The van der Waals surface area contributed by atoms with Gasteiger partial charge in [0.25, 0.3) is 0 Å². The SMILES string of the molecule is [2H]C([2H])([2H])c1cccc2c1[N@@+]1(c3c(-c4ccccc4)cccc3-c3ccccc3)[CH-][N@+]2(c2[c-]c(Oc3[c-]c4c(cc3)c3cc(-c5ccccc5)ccc3n4-c3cc(C(C)(C)C)ccn3)ccc2)C1.[Pt]. The van der Waals surface area contributed by atoms with Crippen LogP contribution in [0, 0.1) is 25.7 Å². The third-order valence-corrected chi connectivity index (χ3v) is 13.3. The fourth-order valence-corrected chi connectivity index (χ4v) is 10.3. The average Bonchev–Trinajstić information content (AvgIpc) is 3.95. The molecular weight excluding hydrogens is 988 g/mol. The summed E-state index contributed by atoms with van der Waals surface area (Å²) in [5, 5.41) is 2.14. The Morgan fingerprint density at radius 3 is 1.94 bits per heavy atom. The second-order valence-corrected chi connectivity index (χ2v) is 18.3. The molecule has 0 saturated carbocycles. The Morgan fingerprint density at radius 1 is 0.606 bits per heavy atom. The first-order chi connectivity index (χ1) is 32.9. The third kappa shape index (κ3) is 6.60. The number of benzene rings is 8. The van der Waals surface area contributed by atoms with E-state index in [1.54, 1.807) is 6.07 Å². The molecule has 10 aromatic rings. The van der Waals surface area contributed by atoms with Crippen molar-refractivity contribution in [1.82, 2.24) is 18.5 Å². The molecule has 2 atom stereocenters. The van der Waals surface area contributed by atoms with Crippen molar-refractivity contribution in [1.29, 1.82) is 0 Å². The zero-order valence-electron chi connectivity index (χ0n) is 39.8. The van der Waals surface area contributed by atoms with Crippen molar-refractivity contribution < 1.29 is 29.9 Å². The van der Waals surface area contributed by atoms with Gasteiger partial charge in [0.15, 0.2) is 18.0 Å². The maximum absolute atomic E-state index is 8.88. The van der Waals surface area contributed by atoms with Gasteiger partial charge < -0.3 is 13.8 Å². The second-order valence-electron chi connectivity index (χ2n) is 18.3. The number of fused-ring (bicyclic) bond motifs is 3. The molecular formula is C60H47N4OPt-. The van der Waals surface area contributed by atoms with Gasteiger partial charge in [0.1, 0.15) is 11.5 Å². The number of aryl methyl sites for hydroxylation is 1. The summed E-state index contributed by atoms with van der Waals surface area (Å²) in [6.45, 7) is 7.09. The zero-order chi connectivity index (χ0) is 46.4. The summed E-state index contributed by atoms with van der Waals surface area (Å²) in [4.78, 5) is 4.92. The molecule has 6 heteroatoms. The van der Waals surface area contributed by atoms with Crippen LogP contribution in [0.25, 0.3) is 61.0 Å². The van der Waals surface area contributed by atoms with Crippen molar-refractivity contribution in [3.05, 3.63) is 224 Å². The maximum atomic E-state index is 8.88. The van der Waals surface area contributed by atoms with Crippen LogP contribution in [0.15, 0.2) is 194 Å². The Balaban J connectivity index is 0.00000520. The Morgan fingerprint density at radius 2 is 1.26 bits per heavy atom. The molecule has 8 aromatic carbocycles. The first kappa shape index (κ1) is 38.4. The van der Waals surface area contributed by atoms with E-state index in [-0.39, 0.29) is 31.0 Å². The van der Waals surface area contributed by atoms with E-state index in [1.165, 1.54) is 5.56 Å². The predicted octanol–water partition coefficient (Wildman–Crippen LogP) is 15.6. The number of quaternary nitrogens is 2. The quantitative estimate of drug-likeness (QED) is 0.112. The molecule has 0 aliphatic carbocycles. The number of ether oxygens (including phenoxy) is 1. The van der Waals surface area contributed by atoms with E-state index in [4.69, 9.17) is 13.8 Å². The Bertz CT molecular complexity index is 3520. The normalized spacial score (nSPS) is 18.1. The van der Waals surface area contributed by atoms with Crippen molar-refractivity contribution in [3.63, 3.8) is 0 Å². The molecule has 0 N–H and O–H groups in total. The number of hydrogen-bond acceptors (Lipinski definition) is 2. The first-order valence-electron chi connectivity index (χ1n) is 23.7. The van der Waals surface area contributed by atoms with Crippen molar-refractivity contribution >= 4 is 44.6 Å². The second kappa shape index (κ2) is 15.9. The molecule has 0 unspecified atom stereocenters. The number of para-hydroxylation sites is 2. The summed E-state index contributed by atoms with van der Waals surface area (Å²) in [6, 6.07) is 71.7. The molecule has 3 aliphatic heterocycles. The average molecular weight is 1040 g/mol. The summed E-state index contributed by atoms with van der Waals surface area (Å²) in [5.74, 6) is 1.88. The Kier molecular flexibility index (Phi) is 9.26. The van der Waals surface area contributed by atoms with E-state index < -0.39 is 6.85 Å². The minimum absolute atomic E-state index is 0. The van der Waals surface area contributed by atoms with Gasteiger partial charge in [-0.25, -0.2) is 4.98 Å². The molecule has 5 heterocycles. The maximum Gasteiger partial charge on any atom is 0.184 e. The molecule has 1 fully saturated rings. The van der Waals surface area contributed by atoms with Gasteiger partial charge in [-0.15, -0.1) is 29.7 Å². The topological polar surface area (TPSA) is 27.1 Å². The largest absolute Gasteiger partial charge is 0.509 e. The van der Waals surface area contributed by atoms with Crippen LogP contribution in [-0.2, 0) is 26.5 Å². The summed E-state index contributed by atoms with van der Waals surface area (Å²) < 4.78 is 36.1. The van der Waals surface area contributed by atoms with Gasteiger partial charge in [-0.05, 0) is 75.8 Å². The first-order valence-corrected chi connectivity index (χ1v) is 22.2. The van der Waals surface area contributed by atoms with Crippen LogP contribution in [0.1, 0.15) is 36.0 Å². The van der Waals surface area contributed by atoms with E-state index in [0.29, 0.717) is 28.2 Å². The van der Waals surface area contributed by atoms with E-state index in [0.717, 1.165) is 83.8 Å². The van der Waals surface area contributed by atoms with Crippen LogP contribution in [0.2, 0.25) is 0 Å². The van der Waals surface area contributed by atoms with Gasteiger partial charge >= 0.3 is 0 Å². The van der Waals surface area contributed by atoms with Gasteiger partial charge in [0.2, 0.25) is 0 Å². The molecule has 0 spiro atoms. The standard InChI is InChI=1S/C60H47N4O.Pt/c1-41-17-14-28-56-58(41)64(59-50(43-20-10-6-11-21-43)26-16-27-51(59)44-22-12-7-13-23-44)39-63(56,40-64)47-24-15-25-48(37-47)65-49-30-31-52-53-35-45(42-18-8-5-9-19-42)29-32-54(53)62(55(52)38-49)57-36-46(33-34-61-57)60(2,3)4;/h5-36,39H,40H2,1-4H3;/q-1;/t63-,64-;/m1./s1/i1D3;. The van der Waals surface area contributed by atoms with Gasteiger partial charge in [0.05, 0.1) is 6.67 Å². The van der Waals surface area contributed by atoms with E-state index in [9.17, 15) is 0 Å². The number of nitrogens with zero attached hydrogens (tertiary/aromatic N) is 4. The number of pyridine rings is 1. The number of rotatable bonds is 8. The smallest absolute Gasteiger partial charge is 0.184 e. The third-order valence-electron chi connectivity index (χ3n) is 13.3. The zero-order valence-corrected chi connectivity index (χ0v) is 39.0. The molecule has 324 valence electrons. The molecule has 1 saturated heterocycles. The molecule has 5 nitrogen and oxygen atoms in total. The van der Waals surface area contributed by atoms with Gasteiger partial charge in [-0.2, -0.15) is 12.1 Å². The van der Waals surface area contributed by atoms with E-state index in [2.05, 4.69) is 184 Å². The molecule has 66 heavy (non-hydrogen) atoms. The minimum Gasteiger partial charge on any atom is -0.509 e. The van der Waals surface area contributed by atoms with Crippen LogP contribution in [0.4, 0.5) is 22.7 Å². The molecule has 13 rings (SSSR count). The van der Waals surface area contributed by atoms with Crippen molar-refractivity contribution in [2.45, 2.75) is 33.0 Å². The van der Waals surface area contributed by atoms with E-state index >= 15 is 0 Å². The van der Waals surface area contributed by atoms with Crippen LogP contribution in [0.5, 0.6) is 11.5 Å². The van der Waals surface area contributed by atoms with Crippen LogP contribution >= 0.6 is 0 Å². The summed E-state index contributed by atoms with van der Waals surface area (Å²) in [5.41, 5.74) is 13.4. The van der Waals surface area contributed by atoms with Crippen LogP contribution < -0.4 is 13.7 Å². The van der Waals surface area contributed by atoms with Gasteiger partial charge in [-0.3, -0.25) is 4.48 Å². The number of aromatic nitrogens is 2. The molecule has 0 radical (unpaired) electrons. The fourth-order valence-electron chi connectivity index (χ4n) is 10.3. The van der Waals surface area contributed by atoms with Gasteiger partial charge in [0, 0.05) is 76.8 Å². The summed E-state index contributed by atoms with van der Waals surface area (Å²) in [7, 11) is 0. The predicted molar refractivity (Wildman–Crippen MR) is 267 cm³/mol. The van der Waals surface area contributed by atoms with Crippen LogP contribution in [-0.4, -0.2) is 16.2 Å². The monoisotopic (exact) mass is 1040 g/mol. The van der Waals surface area contributed by atoms with Crippen molar-refractivity contribution in [2.24, 2.45) is 0 Å². The molecule has 3 aliphatic rings. The van der Waals surface area contributed by atoms with Gasteiger partial charge in [-0.1, -0.05) is 154 Å². The van der Waals surface area contributed by atoms with Crippen molar-refractivity contribution in [2.75, 3.05) is 6.67 Å². The molecule has 0 amide bonds. The Labute approximate surface area is 405 Å². The summed E-state index contributed by atoms with van der Waals surface area (Å²) >= 11 is 0.